The number of nitrogens with zero attached hydrogens (tertiary/aromatic N) is 2. The molecule has 0 heterocycles. The Morgan fingerprint density at radius 3 is 2.29 bits per heavy atom. The minimum absolute atomic E-state index is 0.328. The van der Waals surface area contributed by atoms with Crippen molar-refractivity contribution < 1.29 is 9.53 Å². The average Bonchev–Trinajstić information content (AvgIpc) is 2.35. The number of ether oxygens (including phenoxy) is 1. The second-order valence-corrected chi connectivity index (χ2v) is 6.82. The number of hydrogen-bond acceptors (Lipinski definition) is 3. The molecule has 0 radical (unpaired) electrons. The van der Waals surface area contributed by atoms with Crippen molar-refractivity contribution in [3.8, 4) is 0 Å². The van der Waals surface area contributed by atoms with Crippen molar-refractivity contribution in [1.82, 2.24) is 4.90 Å². The maximum absolute atomic E-state index is 12.0. The summed E-state index contributed by atoms with van der Waals surface area (Å²) in [6.45, 7) is 10.1. The van der Waals surface area contributed by atoms with Crippen LogP contribution in [0.3, 0.4) is 0 Å². The van der Waals surface area contributed by atoms with Crippen LogP contribution in [0, 0.1) is 0 Å². The Balaban J connectivity index is 2.63. The van der Waals surface area contributed by atoms with Crippen LogP contribution in [0.2, 0.25) is 0 Å². The Labute approximate surface area is 127 Å². The second-order valence-electron chi connectivity index (χ2n) is 6.82. The number of carbonyl (C=O) groups excluding carboxylic acids is 1. The van der Waals surface area contributed by atoms with E-state index < -0.39 is 5.60 Å². The zero-order chi connectivity index (χ0) is 16.1. The van der Waals surface area contributed by atoms with Crippen LogP contribution in [0.15, 0.2) is 35.3 Å². The molecule has 0 aliphatic heterocycles. The van der Waals surface area contributed by atoms with Gasteiger partial charge in [0.05, 0.1) is 5.54 Å². The van der Waals surface area contributed by atoms with Gasteiger partial charge in [0, 0.05) is 19.8 Å². The van der Waals surface area contributed by atoms with E-state index in [0.29, 0.717) is 6.54 Å². The van der Waals surface area contributed by atoms with Crippen LogP contribution in [0.1, 0.15) is 40.2 Å². The highest BCUT2D eigenvalue weighted by molar-refractivity contribution is 5.79. The van der Waals surface area contributed by atoms with E-state index in [1.54, 1.807) is 11.9 Å². The molecule has 116 valence electrons. The van der Waals surface area contributed by atoms with Gasteiger partial charge in [-0.1, -0.05) is 30.3 Å². The lowest BCUT2D eigenvalue weighted by Gasteiger charge is -2.29. The first-order valence-electron chi connectivity index (χ1n) is 7.13. The van der Waals surface area contributed by atoms with Gasteiger partial charge in [0.1, 0.15) is 5.60 Å². The fourth-order valence-electron chi connectivity index (χ4n) is 1.81. The first kappa shape index (κ1) is 17.2. The van der Waals surface area contributed by atoms with Crippen LogP contribution in [0.5, 0.6) is 0 Å². The summed E-state index contributed by atoms with van der Waals surface area (Å²) >= 11 is 0. The lowest BCUT2D eigenvalue weighted by molar-refractivity contribution is 0.0271. The largest absolute Gasteiger partial charge is 0.444 e. The van der Waals surface area contributed by atoms with E-state index >= 15 is 0 Å². The summed E-state index contributed by atoms with van der Waals surface area (Å²) in [4.78, 5) is 18.1. The van der Waals surface area contributed by atoms with Gasteiger partial charge in [-0.15, -0.1) is 0 Å². The first-order chi connectivity index (χ1) is 9.59. The fraction of sp³-hybridized carbons (Fsp3) is 0.529. The number of amides is 1. The molecule has 1 rings (SSSR count). The van der Waals surface area contributed by atoms with Gasteiger partial charge in [0.25, 0.3) is 0 Å². The highest BCUT2D eigenvalue weighted by Gasteiger charge is 2.25. The van der Waals surface area contributed by atoms with Crippen LogP contribution < -0.4 is 0 Å². The molecule has 0 fully saturated rings. The molecule has 0 bridgehead atoms. The van der Waals surface area contributed by atoms with Crippen LogP contribution in [-0.2, 0) is 4.74 Å². The molecule has 0 aliphatic carbocycles. The number of hydrogen-bond donors (Lipinski definition) is 0. The summed E-state index contributed by atoms with van der Waals surface area (Å²) in [6.07, 6.45) is 1.51. The number of carbonyl (C=O) groups is 1. The number of aliphatic imine (C=N–C) groups is 1. The summed E-state index contributed by atoms with van der Waals surface area (Å²) in [5.74, 6) is 0. The molecule has 0 saturated carbocycles. The van der Waals surface area contributed by atoms with Gasteiger partial charge in [-0.05, 0) is 40.2 Å². The standard InChI is InChI=1S/C17H26N2O2/c1-16(2,3)21-15(20)19(6)13-17(4,5)18-12-14-10-8-7-9-11-14/h7-12H,13H2,1-6H3/b18-12+. The van der Waals surface area contributed by atoms with E-state index in [1.165, 1.54) is 0 Å². The Morgan fingerprint density at radius 2 is 1.76 bits per heavy atom. The quantitative estimate of drug-likeness (QED) is 0.792. The number of benzene rings is 1. The molecule has 4 heteroatoms. The summed E-state index contributed by atoms with van der Waals surface area (Å²) in [7, 11) is 1.73. The van der Waals surface area contributed by atoms with Crippen LogP contribution in [0.25, 0.3) is 0 Å². The van der Waals surface area contributed by atoms with Crippen molar-refractivity contribution >= 4 is 12.3 Å². The van der Waals surface area contributed by atoms with Crippen LogP contribution >= 0.6 is 0 Å². The average molecular weight is 290 g/mol. The predicted octanol–water partition coefficient (Wildman–Crippen LogP) is 3.75. The predicted molar refractivity (Wildman–Crippen MR) is 87.0 cm³/mol. The lowest BCUT2D eigenvalue weighted by atomic mass is 10.1. The Kier molecular flexibility index (Phi) is 5.53. The Morgan fingerprint density at radius 1 is 1.19 bits per heavy atom. The van der Waals surface area contributed by atoms with Gasteiger partial charge in [-0.2, -0.15) is 0 Å². The zero-order valence-corrected chi connectivity index (χ0v) is 13.9. The van der Waals surface area contributed by atoms with Crippen molar-refractivity contribution in [2.75, 3.05) is 13.6 Å². The van der Waals surface area contributed by atoms with Crippen molar-refractivity contribution in [1.29, 1.82) is 0 Å². The maximum atomic E-state index is 12.0. The lowest BCUT2D eigenvalue weighted by Crippen LogP contribution is -2.41. The molecule has 0 unspecified atom stereocenters. The molecule has 21 heavy (non-hydrogen) atoms. The SMILES string of the molecule is CN(CC(C)(C)/N=C/c1ccccc1)C(=O)OC(C)(C)C. The van der Waals surface area contributed by atoms with E-state index in [2.05, 4.69) is 4.99 Å². The number of rotatable bonds is 4. The molecule has 1 amide bonds. The zero-order valence-electron chi connectivity index (χ0n) is 13.9. The van der Waals surface area contributed by atoms with E-state index in [0.717, 1.165) is 5.56 Å². The fourth-order valence-corrected chi connectivity index (χ4v) is 1.81. The van der Waals surface area contributed by atoms with Crippen molar-refractivity contribution in [3.05, 3.63) is 35.9 Å². The van der Waals surface area contributed by atoms with Crippen molar-refractivity contribution in [2.45, 2.75) is 45.8 Å². The molecule has 1 aromatic rings. The minimum atomic E-state index is -0.483. The Bertz CT molecular complexity index is 487. The minimum Gasteiger partial charge on any atom is -0.444 e. The summed E-state index contributed by atoms with van der Waals surface area (Å²) < 4.78 is 5.34. The van der Waals surface area contributed by atoms with Crippen molar-refractivity contribution in [2.24, 2.45) is 4.99 Å². The van der Waals surface area contributed by atoms with E-state index in [9.17, 15) is 4.79 Å². The third-order valence-electron chi connectivity index (χ3n) is 2.69. The first-order valence-corrected chi connectivity index (χ1v) is 7.13. The molecular formula is C17H26N2O2. The van der Waals surface area contributed by atoms with Crippen molar-refractivity contribution in [3.63, 3.8) is 0 Å². The molecule has 0 spiro atoms. The maximum Gasteiger partial charge on any atom is 0.410 e. The highest BCUT2D eigenvalue weighted by atomic mass is 16.6. The second kappa shape index (κ2) is 6.74. The van der Waals surface area contributed by atoms with Gasteiger partial charge in [-0.3, -0.25) is 4.99 Å². The molecule has 0 saturated heterocycles. The molecular weight excluding hydrogens is 264 g/mol. The molecule has 0 aromatic heterocycles. The van der Waals surface area contributed by atoms with Gasteiger partial charge in [0.2, 0.25) is 0 Å². The molecule has 0 atom stereocenters. The molecule has 0 N–H and O–H groups in total. The topological polar surface area (TPSA) is 41.9 Å². The number of likely N-dealkylation sites (N-methyl/N-ethyl adjacent to an activating group) is 1. The van der Waals surface area contributed by atoms with E-state index in [4.69, 9.17) is 4.74 Å². The van der Waals surface area contributed by atoms with Gasteiger partial charge >= 0.3 is 6.09 Å². The van der Waals surface area contributed by atoms with Gasteiger partial charge in [0.15, 0.2) is 0 Å². The van der Waals surface area contributed by atoms with Crippen LogP contribution in [-0.4, -0.2) is 41.9 Å². The molecule has 0 aliphatic rings. The van der Waals surface area contributed by atoms with Crippen LogP contribution in [0.4, 0.5) is 4.79 Å². The Hall–Kier alpha value is -1.84. The summed E-state index contributed by atoms with van der Waals surface area (Å²) in [6, 6.07) is 9.91. The summed E-state index contributed by atoms with van der Waals surface area (Å²) in [5.41, 5.74) is 0.190. The highest BCUT2D eigenvalue weighted by Crippen LogP contribution is 2.14. The third-order valence-corrected chi connectivity index (χ3v) is 2.69. The van der Waals surface area contributed by atoms with Gasteiger partial charge < -0.3 is 9.64 Å². The normalized spacial score (nSPS) is 12.5. The summed E-state index contributed by atoms with van der Waals surface area (Å²) in [5, 5.41) is 0. The van der Waals surface area contributed by atoms with E-state index in [-0.39, 0.29) is 11.6 Å². The van der Waals surface area contributed by atoms with E-state index in [1.807, 2.05) is 71.2 Å². The van der Waals surface area contributed by atoms with Gasteiger partial charge in [-0.25, -0.2) is 4.79 Å². The third kappa shape index (κ3) is 6.93. The smallest absolute Gasteiger partial charge is 0.410 e. The monoisotopic (exact) mass is 290 g/mol. The molecule has 4 nitrogen and oxygen atoms in total. The molecule has 1 aromatic carbocycles.